The van der Waals surface area contributed by atoms with Crippen molar-refractivity contribution in [3.8, 4) is 0 Å². The Bertz CT molecular complexity index is 526. The van der Waals surface area contributed by atoms with Crippen molar-refractivity contribution < 1.29 is 0 Å². The van der Waals surface area contributed by atoms with Gasteiger partial charge in [-0.15, -0.1) is 0 Å². The zero-order chi connectivity index (χ0) is 11.5. The molecule has 2 aromatic heterocycles. The largest absolute Gasteiger partial charge is 0.351 e. The summed E-state index contributed by atoms with van der Waals surface area (Å²) in [5.74, 6) is 0. The Morgan fingerprint density at radius 2 is 2.25 bits per heavy atom. The smallest absolute Gasteiger partial charge is 0.184 e. The van der Waals surface area contributed by atoms with Gasteiger partial charge in [-0.1, -0.05) is 0 Å². The van der Waals surface area contributed by atoms with Crippen molar-refractivity contribution in [2.45, 2.75) is 26.8 Å². The highest BCUT2D eigenvalue weighted by Crippen LogP contribution is 2.03. The molecule has 0 amide bonds. The molecule has 0 aliphatic carbocycles. The molecule has 0 radical (unpaired) electrons. The summed E-state index contributed by atoms with van der Waals surface area (Å²) in [7, 11) is 0. The predicted octanol–water partition coefficient (Wildman–Crippen LogP) is 1.43. The number of hydrogen-bond acceptors (Lipinski definition) is 2. The van der Waals surface area contributed by atoms with Crippen LogP contribution in [0.2, 0.25) is 0 Å². The van der Waals surface area contributed by atoms with Crippen molar-refractivity contribution in [2.75, 3.05) is 0 Å². The summed E-state index contributed by atoms with van der Waals surface area (Å²) >= 11 is 0. The van der Waals surface area contributed by atoms with E-state index in [-0.39, 0.29) is 5.43 Å². The molecule has 0 saturated carbocycles. The van der Waals surface area contributed by atoms with Crippen LogP contribution < -0.4 is 5.43 Å². The van der Waals surface area contributed by atoms with Crippen molar-refractivity contribution in [3.63, 3.8) is 0 Å². The molecule has 2 aromatic rings. The molecule has 0 aromatic carbocycles. The van der Waals surface area contributed by atoms with E-state index in [0.717, 1.165) is 29.9 Å². The van der Waals surface area contributed by atoms with Crippen molar-refractivity contribution >= 4 is 0 Å². The summed E-state index contributed by atoms with van der Waals surface area (Å²) in [6.07, 6.45) is 6.24. The number of imidazole rings is 1. The van der Waals surface area contributed by atoms with E-state index >= 15 is 0 Å². The SMILES string of the molecule is Cc1c(C)n(CCc2cnc[nH]2)ccc1=O. The fourth-order valence-electron chi connectivity index (χ4n) is 1.69. The Balaban J connectivity index is 2.16. The van der Waals surface area contributed by atoms with Gasteiger partial charge in [0.05, 0.1) is 6.33 Å². The van der Waals surface area contributed by atoms with Crippen LogP contribution in [0.5, 0.6) is 0 Å². The molecule has 0 aliphatic rings. The van der Waals surface area contributed by atoms with Crippen molar-refractivity contribution in [3.05, 3.63) is 52.0 Å². The maximum absolute atomic E-state index is 11.4. The molecule has 4 nitrogen and oxygen atoms in total. The molecular weight excluding hydrogens is 202 g/mol. The van der Waals surface area contributed by atoms with Gasteiger partial charge in [-0.3, -0.25) is 4.79 Å². The Morgan fingerprint density at radius 1 is 1.44 bits per heavy atom. The average Bonchev–Trinajstić information content (AvgIpc) is 2.78. The van der Waals surface area contributed by atoms with Gasteiger partial charge in [0, 0.05) is 48.4 Å². The number of rotatable bonds is 3. The molecule has 0 spiro atoms. The second-order valence-electron chi connectivity index (χ2n) is 3.91. The number of pyridine rings is 1. The monoisotopic (exact) mass is 217 g/mol. The Hall–Kier alpha value is -1.84. The lowest BCUT2D eigenvalue weighted by atomic mass is 10.2. The molecule has 84 valence electrons. The van der Waals surface area contributed by atoms with Gasteiger partial charge in [0.1, 0.15) is 0 Å². The average molecular weight is 217 g/mol. The number of H-pyrrole nitrogens is 1. The third-order valence-electron chi connectivity index (χ3n) is 2.93. The van der Waals surface area contributed by atoms with E-state index in [2.05, 4.69) is 14.5 Å². The van der Waals surface area contributed by atoms with E-state index < -0.39 is 0 Å². The fraction of sp³-hybridized carbons (Fsp3) is 0.333. The van der Waals surface area contributed by atoms with Crippen LogP contribution >= 0.6 is 0 Å². The molecule has 2 heterocycles. The number of nitrogens with one attached hydrogen (secondary N) is 1. The van der Waals surface area contributed by atoms with Gasteiger partial charge < -0.3 is 9.55 Å². The number of nitrogens with zero attached hydrogens (tertiary/aromatic N) is 2. The van der Waals surface area contributed by atoms with E-state index in [4.69, 9.17) is 0 Å². The van der Waals surface area contributed by atoms with Crippen LogP contribution in [0.4, 0.5) is 0 Å². The van der Waals surface area contributed by atoms with E-state index in [1.165, 1.54) is 0 Å². The minimum atomic E-state index is 0.107. The third kappa shape index (κ3) is 2.05. The molecule has 0 bridgehead atoms. The molecule has 16 heavy (non-hydrogen) atoms. The highest BCUT2D eigenvalue weighted by atomic mass is 16.1. The summed E-state index contributed by atoms with van der Waals surface area (Å²) in [6, 6.07) is 1.62. The lowest BCUT2D eigenvalue weighted by Gasteiger charge is -2.11. The molecular formula is C12H15N3O. The summed E-state index contributed by atoms with van der Waals surface area (Å²) < 4.78 is 2.09. The molecule has 0 unspecified atom stereocenters. The predicted molar refractivity (Wildman–Crippen MR) is 62.5 cm³/mol. The van der Waals surface area contributed by atoms with Gasteiger partial charge in [-0.05, 0) is 13.8 Å². The van der Waals surface area contributed by atoms with E-state index in [9.17, 15) is 4.79 Å². The van der Waals surface area contributed by atoms with Gasteiger partial charge in [-0.2, -0.15) is 0 Å². The first kappa shape index (κ1) is 10.7. The van der Waals surface area contributed by atoms with Crippen LogP contribution in [-0.4, -0.2) is 14.5 Å². The lowest BCUT2D eigenvalue weighted by molar-refractivity contribution is 0.658. The Kier molecular flexibility index (Phi) is 2.90. The molecule has 0 fully saturated rings. The Morgan fingerprint density at radius 3 is 2.94 bits per heavy atom. The van der Waals surface area contributed by atoms with Crippen LogP contribution in [0.15, 0.2) is 29.6 Å². The van der Waals surface area contributed by atoms with Crippen molar-refractivity contribution in [2.24, 2.45) is 0 Å². The Labute approximate surface area is 94.0 Å². The molecule has 1 N–H and O–H groups in total. The molecule has 0 atom stereocenters. The second-order valence-corrected chi connectivity index (χ2v) is 3.91. The zero-order valence-electron chi connectivity index (χ0n) is 9.53. The first-order valence-corrected chi connectivity index (χ1v) is 5.32. The van der Waals surface area contributed by atoms with Crippen LogP contribution in [0, 0.1) is 13.8 Å². The van der Waals surface area contributed by atoms with Crippen LogP contribution in [0.3, 0.4) is 0 Å². The third-order valence-corrected chi connectivity index (χ3v) is 2.93. The summed E-state index contributed by atoms with van der Waals surface area (Å²) in [4.78, 5) is 18.4. The molecule has 0 aliphatic heterocycles. The minimum absolute atomic E-state index is 0.107. The number of aromatic amines is 1. The number of aryl methyl sites for hydroxylation is 2. The standard InChI is InChI=1S/C12H15N3O/c1-9-10(2)15(6-4-12(9)16)5-3-11-7-13-8-14-11/h4,6-8H,3,5H2,1-2H3,(H,13,14). The second kappa shape index (κ2) is 4.35. The van der Waals surface area contributed by atoms with Crippen molar-refractivity contribution in [1.82, 2.24) is 14.5 Å². The molecule has 2 rings (SSSR count). The van der Waals surface area contributed by atoms with E-state index in [1.54, 1.807) is 12.4 Å². The number of hydrogen-bond donors (Lipinski definition) is 1. The number of aromatic nitrogens is 3. The molecule has 4 heteroatoms. The highest BCUT2D eigenvalue weighted by molar-refractivity contribution is 5.18. The summed E-state index contributed by atoms with van der Waals surface area (Å²) in [5, 5.41) is 0. The maximum Gasteiger partial charge on any atom is 0.184 e. The van der Waals surface area contributed by atoms with Crippen LogP contribution in [0.25, 0.3) is 0 Å². The lowest BCUT2D eigenvalue weighted by Crippen LogP contribution is -2.14. The van der Waals surface area contributed by atoms with Gasteiger partial charge in [0.15, 0.2) is 5.43 Å². The molecule has 0 saturated heterocycles. The van der Waals surface area contributed by atoms with Gasteiger partial charge in [-0.25, -0.2) is 4.98 Å². The quantitative estimate of drug-likeness (QED) is 0.845. The first-order chi connectivity index (χ1) is 7.68. The normalized spacial score (nSPS) is 10.6. The van der Waals surface area contributed by atoms with Crippen molar-refractivity contribution in [1.29, 1.82) is 0 Å². The van der Waals surface area contributed by atoms with Gasteiger partial charge >= 0.3 is 0 Å². The summed E-state index contributed by atoms with van der Waals surface area (Å²) in [6.45, 7) is 4.70. The highest BCUT2D eigenvalue weighted by Gasteiger charge is 2.02. The van der Waals surface area contributed by atoms with Gasteiger partial charge in [0.25, 0.3) is 0 Å². The maximum atomic E-state index is 11.4. The topological polar surface area (TPSA) is 50.7 Å². The van der Waals surface area contributed by atoms with E-state index in [0.29, 0.717) is 0 Å². The first-order valence-electron chi connectivity index (χ1n) is 5.32. The van der Waals surface area contributed by atoms with Crippen LogP contribution in [-0.2, 0) is 13.0 Å². The summed E-state index contributed by atoms with van der Waals surface area (Å²) in [5.41, 5.74) is 3.07. The van der Waals surface area contributed by atoms with Crippen LogP contribution in [0.1, 0.15) is 17.0 Å². The minimum Gasteiger partial charge on any atom is -0.351 e. The zero-order valence-corrected chi connectivity index (χ0v) is 9.53. The fourth-order valence-corrected chi connectivity index (χ4v) is 1.69. The van der Waals surface area contributed by atoms with E-state index in [1.807, 2.05) is 26.2 Å². The van der Waals surface area contributed by atoms with Gasteiger partial charge in [0.2, 0.25) is 0 Å².